The summed E-state index contributed by atoms with van der Waals surface area (Å²) < 4.78 is 0. The maximum atomic E-state index is 13.4. The lowest BCUT2D eigenvalue weighted by atomic mass is 9.95. The second-order valence-corrected chi connectivity index (χ2v) is 10.4. The normalized spacial score (nSPS) is 15.1. The van der Waals surface area contributed by atoms with Crippen molar-refractivity contribution in [3.05, 3.63) is 65.2 Å². The van der Waals surface area contributed by atoms with Gasteiger partial charge in [-0.1, -0.05) is 73.7 Å². The van der Waals surface area contributed by atoms with Gasteiger partial charge in [0.15, 0.2) is 0 Å². The molecule has 0 aliphatic heterocycles. The summed E-state index contributed by atoms with van der Waals surface area (Å²) in [6, 6.07) is 16.4. The van der Waals surface area contributed by atoms with E-state index in [-0.39, 0.29) is 17.9 Å². The number of hydrogen-bond donors (Lipinski definition) is 1. The van der Waals surface area contributed by atoms with E-state index in [1.807, 2.05) is 6.92 Å². The average Bonchev–Trinajstić information content (AvgIpc) is 2.82. The molecule has 0 bridgehead atoms. The van der Waals surface area contributed by atoms with Gasteiger partial charge >= 0.3 is 0 Å². The topological polar surface area (TPSA) is 49.4 Å². The molecule has 1 fully saturated rings. The number of nitrogens with one attached hydrogen (secondary N) is 1. The first-order chi connectivity index (χ1) is 16.0. The number of amides is 2. The molecule has 0 radical (unpaired) electrons. The molecule has 178 valence electrons. The van der Waals surface area contributed by atoms with Gasteiger partial charge in [-0.2, -0.15) is 0 Å². The zero-order chi connectivity index (χ0) is 23.6. The lowest BCUT2D eigenvalue weighted by Gasteiger charge is -2.33. The van der Waals surface area contributed by atoms with Crippen LogP contribution < -0.4 is 5.32 Å². The van der Waals surface area contributed by atoms with Crippen molar-refractivity contribution in [2.75, 3.05) is 5.75 Å². The summed E-state index contributed by atoms with van der Waals surface area (Å²) >= 11 is 1.69. The fourth-order valence-electron chi connectivity index (χ4n) is 4.39. The van der Waals surface area contributed by atoms with Crippen molar-refractivity contribution < 1.29 is 9.59 Å². The summed E-state index contributed by atoms with van der Waals surface area (Å²) in [5, 5.41) is 3.25. The van der Waals surface area contributed by atoms with Crippen LogP contribution in [0, 0.1) is 13.8 Å². The number of carbonyl (C=O) groups is 2. The largest absolute Gasteiger partial charge is 0.352 e. The molecule has 1 N–H and O–H groups in total. The Labute approximate surface area is 203 Å². The summed E-state index contributed by atoms with van der Waals surface area (Å²) in [5.74, 6) is 0.740. The molecule has 0 aromatic heterocycles. The molecule has 3 rings (SSSR count). The number of nitrogens with zero attached hydrogens (tertiary/aromatic N) is 1. The highest BCUT2D eigenvalue weighted by atomic mass is 32.2. The molecule has 1 unspecified atom stereocenters. The second-order valence-electron chi connectivity index (χ2n) is 9.19. The van der Waals surface area contributed by atoms with Gasteiger partial charge in [-0.05, 0) is 50.8 Å². The van der Waals surface area contributed by atoms with Gasteiger partial charge in [0, 0.05) is 29.7 Å². The predicted octanol–water partition coefficient (Wildman–Crippen LogP) is 6.04. The van der Waals surface area contributed by atoms with Gasteiger partial charge in [-0.25, -0.2) is 0 Å². The molecule has 1 saturated carbocycles. The fourth-order valence-corrected chi connectivity index (χ4v) is 5.23. The van der Waals surface area contributed by atoms with Gasteiger partial charge in [-0.15, -0.1) is 11.8 Å². The minimum atomic E-state index is -0.440. The van der Waals surface area contributed by atoms with Crippen LogP contribution >= 0.6 is 11.8 Å². The van der Waals surface area contributed by atoms with E-state index in [0.717, 1.165) is 18.4 Å². The van der Waals surface area contributed by atoms with Gasteiger partial charge in [0.1, 0.15) is 6.04 Å². The second kappa shape index (κ2) is 12.8. The Balaban J connectivity index is 1.68. The van der Waals surface area contributed by atoms with Crippen molar-refractivity contribution in [1.29, 1.82) is 0 Å². The van der Waals surface area contributed by atoms with Crippen LogP contribution in [-0.4, -0.2) is 34.6 Å². The quantitative estimate of drug-likeness (QED) is 0.434. The number of thioether (sulfide) groups is 1. The molecule has 1 aliphatic carbocycles. The Bertz CT molecular complexity index is 889. The third-order valence-corrected chi connectivity index (χ3v) is 7.43. The first-order valence-corrected chi connectivity index (χ1v) is 13.3. The van der Waals surface area contributed by atoms with Crippen LogP contribution in [0.2, 0.25) is 0 Å². The number of aryl methyl sites for hydroxylation is 2. The number of benzene rings is 2. The van der Waals surface area contributed by atoms with Crippen molar-refractivity contribution in [1.82, 2.24) is 10.2 Å². The van der Waals surface area contributed by atoms with E-state index < -0.39 is 6.04 Å². The molecule has 2 aromatic rings. The lowest BCUT2D eigenvalue weighted by molar-refractivity contribution is -0.141. The Kier molecular flexibility index (Phi) is 9.86. The molecule has 0 heterocycles. The fraction of sp³-hybridized carbons (Fsp3) is 0.500. The highest BCUT2D eigenvalue weighted by Gasteiger charge is 2.30. The van der Waals surface area contributed by atoms with Gasteiger partial charge < -0.3 is 10.2 Å². The summed E-state index contributed by atoms with van der Waals surface area (Å²) in [4.78, 5) is 29.6. The van der Waals surface area contributed by atoms with Crippen LogP contribution in [0.25, 0.3) is 0 Å². The summed E-state index contributed by atoms with van der Waals surface area (Å²) in [6.07, 6.45) is 6.70. The maximum Gasteiger partial charge on any atom is 0.243 e. The Hall–Kier alpha value is -2.27. The van der Waals surface area contributed by atoms with Crippen LogP contribution in [0.5, 0.6) is 0 Å². The maximum absolute atomic E-state index is 13.4. The van der Waals surface area contributed by atoms with Gasteiger partial charge in [0.25, 0.3) is 0 Å². The molecule has 5 heteroatoms. The zero-order valence-electron chi connectivity index (χ0n) is 20.3. The number of rotatable bonds is 10. The monoisotopic (exact) mass is 466 g/mol. The summed E-state index contributed by atoms with van der Waals surface area (Å²) in [7, 11) is 0. The van der Waals surface area contributed by atoms with E-state index in [1.54, 1.807) is 16.7 Å². The third kappa shape index (κ3) is 7.92. The third-order valence-electron chi connectivity index (χ3n) is 6.42. The molecular weight excluding hydrogens is 428 g/mol. The Morgan fingerprint density at radius 1 is 0.970 bits per heavy atom. The minimum absolute atomic E-state index is 0.00366. The first-order valence-electron chi connectivity index (χ1n) is 12.3. The molecule has 4 nitrogen and oxygen atoms in total. The Morgan fingerprint density at radius 2 is 1.58 bits per heavy atom. The highest BCUT2D eigenvalue weighted by Crippen LogP contribution is 2.22. The molecular formula is C28H38N2O2S. The van der Waals surface area contributed by atoms with Crippen LogP contribution in [0.1, 0.15) is 68.6 Å². The van der Waals surface area contributed by atoms with Crippen molar-refractivity contribution in [2.45, 2.75) is 89.2 Å². The summed E-state index contributed by atoms with van der Waals surface area (Å²) in [5.41, 5.74) is 3.48. The molecule has 2 amide bonds. The Morgan fingerprint density at radius 3 is 2.18 bits per heavy atom. The van der Waals surface area contributed by atoms with E-state index >= 15 is 0 Å². The molecule has 0 saturated heterocycles. The minimum Gasteiger partial charge on any atom is -0.352 e. The van der Waals surface area contributed by atoms with E-state index in [4.69, 9.17) is 0 Å². The standard InChI is InChI=1S/C28H38N2O2S/c1-4-26(28(32)29-24-8-6-5-7-9-24)30(20-23-14-10-21(2)11-15-23)27(31)18-19-33-25-16-12-22(3)13-17-25/h10-17,24,26H,4-9,18-20H2,1-3H3,(H,29,32). The predicted molar refractivity (Wildman–Crippen MR) is 137 cm³/mol. The van der Waals surface area contributed by atoms with E-state index in [9.17, 15) is 9.59 Å². The highest BCUT2D eigenvalue weighted by molar-refractivity contribution is 7.99. The van der Waals surface area contributed by atoms with Crippen LogP contribution in [-0.2, 0) is 16.1 Å². The first kappa shape index (κ1) is 25.4. The molecule has 33 heavy (non-hydrogen) atoms. The molecule has 1 atom stereocenters. The van der Waals surface area contributed by atoms with Gasteiger partial charge in [-0.3, -0.25) is 9.59 Å². The van der Waals surface area contributed by atoms with Crippen LogP contribution in [0.4, 0.5) is 0 Å². The number of carbonyl (C=O) groups excluding carboxylic acids is 2. The summed E-state index contributed by atoms with van der Waals surface area (Å²) in [6.45, 7) is 6.60. The van der Waals surface area contributed by atoms with E-state index in [2.05, 4.69) is 67.7 Å². The van der Waals surface area contributed by atoms with Crippen molar-refractivity contribution in [3.8, 4) is 0 Å². The van der Waals surface area contributed by atoms with Crippen molar-refractivity contribution in [2.24, 2.45) is 0 Å². The van der Waals surface area contributed by atoms with Crippen molar-refractivity contribution in [3.63, 3.8) is 0 Å². The van der Waals surface area contributed by atoms with E-state index in [1.165, 1.54) is 35.3 Å². The smallest absolute Gasteiger partial charge is 0.243 e. The molecule has 2 aromatic carbocycles. The molecule has 0 spiro atoms. The van der Waals surface area contributed by atoms with E-state index in [0.29, 0.717) is 25.1 Å². The SMILES string of the molecule is CCC(C(=O)NC1CCCCC1)N(Cc1ccc(C)cc1)C(=O)CCSc1ccc(C)cc1. The number of hydrogen-bond acceptors (Lipinski definition) is 3. The van der Waals surface area contributed by atoms with Crippen molar-refractivity contribution >= 4 is 23.6 Å². The lowest BCUT2D eigenvalue weighted by Crippen LogP contribution is -2.51. The van der Waals surface area contributed by atoms with Crippen LogP contribution in [0.15, 0.2) is 53.4 Å². The van der Waals surface area contributed by atoms with Gasteiger partial charge in [0.2, 0.25) is 11.8 Å². The van der Waals surface area contributed by atoms with Crippen LogP contribution in [0.3, 0.4) is 0 Å². The average molecular weight is 467 g/mol. The molecule has 1 aliphatic rings. The zero-order valence-corrected chi connectivity index (χ0v) is 21.1. The van der Waals surface area contributed by atoms with Gasteiger partial charge in [0.05, 0.1) is 0 Å².